The summed E-state index contributed by atoms with van der Waals surface area (Å²) in [7, 11) is 0. The van der Waals surface area contributed by atoms with E-state index < -0.39 is 0 Å². The van der Waals surface area contributed by atoms with E-state index in [2.05, 4.69) is 267 Å². The van der Waals surface area contributed by atoms with Gasteiger partial charge in [0.1, 0.15) is 5.82 Å². The molecule has 9 aromatic carbocycles. The molecule has 0 N–H and O–H groups in total. The average Bonchev–Trinajstić information content (AvgIpc) is 3.97. The van der Waals surface area contributed by atoms with E-state index in [1.807, 2.05) is 18.2 Å². The van der Waals surface area contributed by atoms with Crippen molar-refractivity contribution >= 4 is 32.8 Å². The molecule has 5 nitrogen and oxygen atoms in total. The Balaban J connectivity index is 0.00000588. The molecule has 0 saturated carbocycles. The van der Waals surface area contributed by atoms with E-state index in [0.717, 1.165) is 89.8 Å². The van der Waals surface area contributed by atoms with Gasteiger partial charge in [0.25, 0.3) is 6.33 Å². The predicted molar refractivity (Wildman–Crippen MR) is 299 cm³/mol. The van der Waals surface area contributed by atoms with Crippen LogP contribution in [-0.2, 0) is 32.9 Å². The third-order valence-corrected chi connectivity index (χ3v) is 13.9. The van der Waals surface area contributed by atoms with E-state index in [-0.39, 0.29) is 26.5 Å². The molecular weight excluding hydrogens is 1080 g/mol. The maximum absolute atomic E-state index is 6.79. The number of rotatable bonds is 11. The van der Waals surface area contributed by atoms with E-state index >= 15 is 0 Å². The zero-order valence-corrected chi connectivity index (χ0v) is 44.4. The first-order valence-corrected chi connectivity index (χ1v) is 25.2. The fourth-order valence-corrected chi connectivity index (χ4v) is 10.3. The molecule has 12 aromatic rings. The molecule has 0 unspecified atom stereocenters. The summed E-state index contributed by atoms with van der Waals surface area (Å²) >= 11 is 0. The molecule has 0 aliphatic carbocycles. The van der Waals surface area contributed by atoms with Crippen molar-refractivity contribution in [3.63, 3.8) is 0 Å². The van der Waals surface area contributed by atoms with Crippen molar-refractivity contribution in [3.8, 4) is 73.2 Å². The molecule has 0 aliphatic heterocycles. The smallest absolute Gasteiger partial charge is 0.268 e. The second-order valence-electron chi connectivity index (χ2n) is 20.3. The minimum Gasteiger partial charge on any atom is -0.510 e. The zero-order valence-electron chi connectivity index (χ0n) is 42.1. The zero-order chi connectivity index (χ0) is 49.6. The normalized spacial score (nSPS) is 11.6. The predicted octanol–water partition coefficient (Wildman–Crippen LogP) is 16.8. The van der Waals surface area contributed by atoms with Gasteiger partial charge in [-0.05, 0) is 91.0 Å². The van der Waals surface area contributed by atoms with Crippen LogP contribution < -0.4 is 9.30 Å². The first-order valence-electron chi connectivity index (χ1n) is 25.2. The molecule has 74 heavy (non-hydrogen) atoms. The van der Waals surface area contributed by atoms with Gasteiger partial charge in [0.15, 0.2) is 0 Å². The fourth-order valence-electron chi connectivity index (χ4n) is 10.3. The molecule has 364 valence electrons. The Hall–Kier alpha value is -8.11. The number of fused-ring (bicyclic) bond motifs is 4. The van der Waals surface area contributed by atoms with Crippen LogP contribution >= 0.6 is 0 Å². The topological polar surface area (TPSA) is 35.9 Å². The van der Waals surface area contributed by atoms with E-state index in [0.29, 0.717) is 17.4 Å². The van der Waals surface area contributed by atoms with Crippen LogP contribution in [0.2, 0.25) is 0 Å². The number of para-hydroxylation sites is 3. The van der Waals surface area contributed by atoms with Crippen LogP contribution in [0.3, 0.4) is 0 Å². The van der Waals surface area contributed by atoms with E-state index in [1.54, 1.807) is 0 Å². The number of imidazole rings is 1. The molecule has 0 aliphatic rings. The number of aromatic nitrogens is 4. The van der Waals surface area contributed by atoms with Crippen LogP contribution in [0.15, 0.2) is 219 Å². The van der Waals surface area contributed by atoms with Gasteiger partial charge in [0.2, 0.25) is 0 Å². The van der Waals surface area contributed by atoms with Crippen molar-refractivity contribution in [1.29, 1.82) is 0 Å². The van der Waals surface area contributed by atoms with Crippen LogP contribution in [0.4, 0.5) is 0 Å². The van der Waals surface area contributed by atoms with E-state index in [4.69, 9.17) is 9.72 Å². The molecular formula is C68H54N4OPt-2. The fraction of sp³-hybridized carbons (Fsp3) is 0.118. The molecule has 0 saturated heterocycles. The van der Waals surface area contributed by atoms with Gasteiger partial charge in [-0.3, -0.25) is 4.57 Å². The Morgan fingerprint density at radius 2 is 1.15 bits per heavy atom. The Morgan fingerprint density at radius 1 is 0.541 bits per heavy atom. The molecule has 0 bridgehead atoms. The SMILES string of the molecule is CC(C)Cc1cc(-n2c3[c-]c(Oc4[c-]c(-n5[c-][n+](-c6c(-c7ccccc7)cccc6-c6ccccc6)c6ccccc65)ccc4)ccc3c3cc(-c4ccccc4)ccc32)ncc1-c1ccc(C(C)(C)C)cc1.[Pt]. The van der Waals surface area contributed by atoms with Gasteiger partial charge in [-0.15, -0.1) is 29.7 Å². The molecule has 3 heterocycles. The number of nitrogens with zero attached hydrogens (tertiary/aromatic N) is 4. The molecule has 6 heteroatoms. The summed E-state index contributed by atoms with van der Waals surface area (Å²) in [6.07, 6.45) is 6.75. The molecule has 12 rings (SSSR count). The van der Waals surface area contributed by atoms with Gasteiger partial charge in [-0.1, -0.05) is 210 Å². The van der Waals surface area contributed by atoms with Crippen molar-refractivity contribution < 1.29 is 30.4 Å². The molecule has 0 spiro atoms. The van der Waals surface area contributed by atoms with Gasteiger partial charge >= 0.3 is 0 Å². The monoisotopic (exact) mass is 1140 g/mol. The van der Waals surface area contributed by atoms with Crippen LogP contribution in [0.5, 0.6) is 11.5 Å². The third-order valence-electron chi connectivity index (χ3n) is 13.9. The summed E-state index contributed by atoms with van der Waals surface area (Å²) in [6.45, 7) is 11.3. The van der Waals surface area contributed by atoms with Crippen LogP contribution in [0.25, 0.3) is 94.5 Å². The average molecular weight is 1140 g/mol. The standard InChI is InChI=1S/C68H54N4O.Pt/c1-46(2)39-52-41-66(69-44-61(52)50-31-34-53(35-32-50)68(3,4)5)72-62-38-33-51(47-19-9-6-10-20-47)40-60(62)59-37-36-56(43-65(59)72)73-55-26-17-25-54(42-55)70-45-71(64-30-16-15-29-63(64)70)67-57(48-21-11-7-12-22-48)27-18-28-58(67)49-23-13-8-14-24-49;/h6-38,40-41,44,46H,39H2,1-5H3;/q-2;. The third kappa shape index (κ3) is 9.18. The van der Waals surface area contributed by atoms with Gasteiger partial charge < -0.3 is 13.9 Å². The summed E-state index contributed by atoms with van der Waals surface area (Å²) in [5, 5.41) is 2.19. The summed E-state index contributed by atoms with van der Waals surface area (Å²) < 4.78 is 13.3. The maximum atomic E-state index is 6.79. The van der Waals surface area contributed by atoms with Gasteiger partial charge in [0, 0.05) is 49.8 Å². The Morgan fingerprint density at radius 3 is 1.82 bits per heavy atom. The number of pyridine rings is 1. The van der Waals surface area contributed by atoms with Crippen molar-refractivity contribution in [2.45, 2.75) is 46.5 Å². The van der Waals surface area contributed by atoms with Crippen molar-refractivity contribution in [3.05, 3.63) is 248 Å². The number of ether oxygens (including phenoxy) is 1. The molecule has 0 radical (unpaired) electrons. The van der Waals surface area contributed by atoms with E-state index in [9.17, 15) is 0 Å². The van der Waals surface area contributed by atoms with Crippen LogP contribution in [0, 0.1) is 24.4 Å². The molecule has 3 aromatic heterocycles. The second-order valence-corrected chi connectivity index (χ2v) is 20.3. The van der Waals surface area contributed by atoms with E-state index in [1.165, 1.54) is 22.3 Å². The summed E-state index contributed by atoms with van der Waals surface area (Å²) in [5.41, 5.74) is 17.6. The van der Waals surface area contributed by atoms with Gasteiger partial charge in [-0.25, -0.2) is 4.98 Å². The first-order chi connectivity index (χ1) is 35.6. The van der Waals surface area contributed by atoms with Crippen molar-refractivity contribution in [2.75, 3.05) is 0 Å². The quantitative estimate of drug-likeness (QED) is 0.0956. The largest absolute Gasteiger partial charge is 0.510 e. The summed E-state index contributed by atoms with van der Waals surface area (Å²) in [6, 6.07) is 82.3. The maximum Gasteiger partial charge on any atom is 0.268 e. The Bertz CT molecular complexity index is 3910. The number of hydrogen-bond donors (Lipinski definition) is 0. The van der Waals surface area contributed by atoms with Crippen molar-refractivity contribution in [2.24, 2.45) is 5.92 Å². The Labute approximate surface area is 448 Å². The minimum atomic E-state index is 0. The number of hydrogen-bond acceptors (Lipinski definition) is 2. The first kappa shape index (κ1) is 48.2. The summed E-state index contributed by atoms with van der Waals surface area (Å²) in [5.74, 6) is 2.42. The number of benzene rings is 9. The second kappa shape index (κ2) is 20.1. The molecule has 0 amide bonds. The molecule has 0 fully saturated rings. The minimum absolute atomic E-state index is 0. The molecule has 0 atom stereocenters. The van der Waals surface area contributed by atoms with Gasteiger partial charge in [-0.2, -0.15) is 18.2 Å². The van der Waals surface area contributed by atoms with Crippen LogP contribution in [-0.4, -0.2) is 14.1 Å². The van der Waals surface area contributed by atoms with Crippen molar-refractivity contribution in [1.82, 2.24) is 14.1 Å². The van der Waals surface area contributed by atoms with Gasteiger partial charge in [0.05, 0.1) is 16.7 Å². The summed E-state index contributed by atoms with van der Waals surface area (Å²) in [4.78, 5) is 5.26. The van der Waals surface area contributed by atoms with Crippen LogP contribution in [0.1, 0.15) is 45.7 Å². The Kier molecular flexibility index (Phi) is 13.1.